The molecule has 0 aliphatic heterocycles. The molecule has 120 valence electrons. The highest BCUT2D eigenvalue weighted by molar-refractivity contribution is 5.92. The molecular weight excluding hydrogens is 280 g/mol. The molecule has 0 unspecified atom stereocenters. The van der Waals surface area contributed by atoms with Gasteiger partial charge in [-0.1, -0.05) is 39.8 Å². The molecule has 0 aliphatic rings. The molecule has 0 atom stereocenters. The lowest BCUT2D eigenvalue weighted by molar-refractivity contribution is 0.0773. The normalized spacial score (nSPS) is 12.0. The second-order valence-corrected chi connectivity index (χ2v) is 6.96. The van der Waals surface area contributed by atoms with Gasteiger partial charge in [-0.25, -0.2) is 0 Å². The van der Waals surface area contributed by atoms with Crippen molar-refractivity contribution in [2.24, 2.45) is 0 Å². The highest BCUT2D eigenvalue weighted by atomic mass is 16.5. The van der Waals surface area contributed by atoms with E-state index in [1.165, 1.54) is 0 Å². The van der Waals surface area contributed by atoms with Gasteiger partial charge in [-0.15, -0.1) is 0 Å². The number of aromatic nitrogens is 3. The van der Waals surface area contributed by atoms with Crippen LogP contribution < -0.4 is 0 Å². The molecule has 0 aliphatic carbocycles. The van der Waals surface area contributed by atoms with E-state index in [4.69, 9.17) is 4.52 Å². The zero-order valence-electron chi connectivity index (χ0n) is 14.1. The highest BCUT2D eigenvalue weighted by Crippen LogP contribution is 2.21. The van der Waals surface area contributed by atoms with E-state index in [2.05, 4.69) is 36.1 Å². The van der Waals surface area contributed by atoms with Crippen molar-refractivity contribution in [1.29, 1.82) is 0 Å². The zero-order valence-corrected chi connectivity index (χ0v) is 14.1. The first-order valence-corrected chi connectivity index (χ1v) is 7.45. The first-order valence-electron chi connectivity index (χ1n) is 7.45. The van der Waals surface area contributed by atoms with Crippen molar-refractivity contribution in [3.63, 3.8) is 0 Å². The average molecular weight is 304 g/mol. The summed E-state index contributed by atoms with van der Waals surface area (Å²) in [5.41, 5.74) is 2.19. The molecule has 2 heterocycles. The van der Waals surface area contributed by atoms with Gasteiger partial charge in [-0.2, -0.15) is 5.10 Å². The third-order valence-corrected chi connectivity index (χ3v) is 3.47. The maximum atomic E-state index is 12.4. The van der Waals surface area contributed by atoms with Crippen LogP contribution in [0.1, 0.15) is 68.2 Å². The molecule has 22 heavy (non-hydrogen) atoms. The second kappa shape index (κ2) is 5.94. The van der Waals surface area contributed by atoms with E-state index in [0.717, 1.165) is 11.4 Å². The van der Waals surface area contributed by atoms with Crippen LogP contribution in [0.2, 0.25) is 0 Å². The van der Waals surface area contributed by atoms with Gasteiger partial charge in [-0.05, 0) is 6.07 Å². The quantitative estimate of drug-likeness (QED) is 0.941. The first kappa shape index (κ1) is 16.3. The van der Waals surface area contributed by atoms with Crippen LogP contribution in [0.5, 0.6) is 0 Å². The van der Waals surface area contributed by atoms with Crippen LogP contribution >= 0.6 is 0 Å². The Bertz CT molecular complexity index is 649. The summed E-state index contributed by atoms with van der Waals surface area (Å²) in [6.45, 7) is 10.7. The van der Waals surface area contributed by atoms with Crippen molar-refractivity contribution in [3.05, 3.63) is 35.0 Å². The third kappa shape index (κ3) is 3.55. The zero-order chi connectivity index (χ0) is 16.5. The fourth-order valence-electron chi connectivity index (χ4n) is 2.01. The molecule has 2 aromatic rings. The van der Waals surface area contributed by atoms with Gasteiger partial charge in [0.05, 0.1) is 17.9 Å². The minimum Gasteiger partial charge on any atom is -0.360 e. The van der Waals surface area contributed by atoms with Gasteiger partial charge in [0.25, 0.3) is 5.91 Å². The van der Waals surface area contributed by atoms with Crippen molar-refractivity contribution in [2.45, 2.75) is 52.5 Å². The number of carbonyl (C=O) groups excluding carboxylic acids is 1. The summed E-state index contributed by atoms with van der Waals surface area (Å²) in [5.74, 6) is 0.761. The van der Waals surface area contributed by atoms with E-state index in [9.17, 15) is 4.79 Å². The van der Waals surface area contributed by atoms with Crippen molar-refractivity contribution < 1.29 is 9.32 Å². The molecule has 0 radical (unpaired) electrons. The molecule has 0 aromatic carbocycles. The summed E-state index contributed by atoms with van der Waals surface area (Å²) in [7, 11) is 1.74. The maximum Gasteiger partial charge on any atom is 0.276 e. The van der Waals surface area contributed by atoms with E-state index < -0.39 is 0 Å². The molecule has 2 rings (SSSR count). The Balaban J connectivity index is 2.06. The van der Waals surface area contributed by atoms with Crippen molar-refractivity contribution in [2.75, 3.05) is 7.05 Å². The van der Waals surface area contributed by atoms with Gasteiger partial charge in [0.2, 0.25) is 0 Å². The SMILES string of the molecule is CC(C)c1cc(C(=O)N(C)Cc2cc(C(C)(C)C)n[nH]2)no1. The smallest absolute Gasteiger partial charge is 0.276 e. The lowest BCUT2D eigenvalue weighted by atomic mass is 9.92. The van der Waals surface area contributed by atoms with Crippen LogP contribution in [0.4, 0.5) is 0 Å². The summed E-state index contributed by atoms with van der Waals surface area (Å²) >= 11 is 0. The number of amides is 1. The number of carbonyl (C=O) groups is 1. The summed E-state index contributed by atoms with van der Waals surface area (Å²) in [4.78, 5) is 14.0. The number of hydrogen-bond donors (Lipinski definition) is 1. The molecule has 0 saturated carbocycles. The Kier molecular flexibility index (Phi) is 4.39. The van der Waals surface area contributed by atoms with Crippen molar-refractivity contribution >= 4 is 5.91 Å². The summed E-state index contributed by atoms with van der Waals surface area (Å²) in [5, 5.41) is 11.1. The van der Waals surface area contributed by atoms with Crippen LogP contribution in [0.3, 0.4) is 0 Å². The molecule has 6 nitrogen and oxygen atoms in total. The van der Waals surface area contributed by atoms with Gasteiger partial charge in [0.1, 0.15) is 5.76 Å². The van der Waals surface area contributed by atoms with E-state index in [-0.39, 0.29) is 17.2 Å². The Morgan fingerprint density at radius 3 is 2.55 bits per heavy atom. The van der Waals surface area contributed by atoms with Gasteiger partial charge < -0.3 is 9.42 Å². The Morgan fingerprint density at radius 2 is 2.05 bits per heavy atom. The molecule has 1 N–H and O–H groups in total. The largest absolute Gasteiger partial charge is 0.360 e. The van der Waals surface area contributed by atoms with Gasteiger partial charge in [0, 0.05) is 24.4 Å². The highest BCUT2D eigenvalue weighted by Gasteiger charge is 2.21. The number of nitrogens with one attached hydrogen (secondary N) is 1. The van der Waals surface area contributed by atoms with Crippen LogP contribution in [0, 0.1) is 0 Å². The number of rotatable bonds is 4. The maximum absolute atomic E-state index is 12.4. The standard InChI is InChI=1S/C16H24N4O2/c1-10(2)13-8-12(19-22-13)15(21)20(6)9-11-7-14(18-17-11)16(3,4)5/h7-8,10H,9H2,1-6H3,(H,17,18). The lowest BCUT2D eigenvalue weighted by Crippen LogP contribution is -2.26. The van der Waals surface area contributed by atoms with Gasteiger partial charge >= 0.3 is 0 Å². The van der Waals surface area contributed by atoms with Crippen LogP contribution in [-0.4, -0.2) is 33.2 Å². The third-order valence-electron chi connectivity index (χ3n) is 3.47. The molecule has 0 fully saturated rings. The minimum absolute atomic E-state index is 0.0182. The van der Waals surface area contributed by atoms with E-state index in [1.54, 1.807) is 18.0 Å². The Morgan fingerprint density at radius 1 is 1.36 bits per heavy atom. The molecular formula is C16H24N4O2. The Hall–Kier alpha value is -2.11. The molecule has 0 bridgehead atoms. The predicted octanol–water partition coefficient (Wildman–Crippen LogP) is 3.09. The Labute approximate surface area is 130 Å². The van der Waals surface area contributed by atoms with Crippen molar-refractivity contribution in [3.8, 4) is 0 Å². The van der Waals surface area contributed by atoms with Crippen LogP contribution in [0.15, 0.2) is 16.7 Å². The molecule has 2 aromatic heterocycles. The van der Waals surface area contributed by atoms with E-state index >= 15 is 0 Å². The van der Waals surface area contributed by atoms with Gasteiger partial charge in [-0.3, -0.25) is 9.89 Å². The topological polar surface area (TPSA) is 75.0 Å². The fraction of sp³-hybridized carbons (Fsp3) is 0.562. The number of H-pyrrole nitrogens is 1. The molecule has 0 spiro atoms. The first-order chi connectivity index (χ1) is 10.2. The average Bonchev–Trinajstić information content (AvgIpc) is 3.05. The summed E-state index contributed by atoms with van der Waals surface area (Å²) in [6, 6.07) is 3.70. The number of nitrogens with zero attached hydrogens (tertiary/aromatic N) is 3. The predicted molar refractivity (Wildman–Crippen MR) is 83.7 cm³/mol. The summed E-state index contributed by atoms with van der Waals surface area (Å²) in [6.07, 6.45) is 0. The van der Waals surface area contributed by atoms with E-state index in [0.29, 0.717) is 18.0 Å². The summed E-state index contributed by atoms with van der Waals surface area (Å²) < 4.78 is 5.18. The van der Waals surface area contributed by atoms with Crippen molar-refractivity contribution in [1.82, 2.24) is 20.3 Å². The minimum atomic E-state index is -0.164. The number of aromatic amines is 1. The molecule has 6 heteroatoms. The molecule has 1 amide bonds. The lowest BCUT2D eigenvalue weighted by Gasteiger charge is -2.15. The molecule has 0 saturated heterocycles. The van der Waals surface area contributed by atoms with E-state index in [1.807, 2.05) is 19.9 Å². The monoisotopic (exact) mass is 304 g/mol. The van der Waals surface area contributed by atoms with Crippen LogP contribution in [-0.2, 0) is 12.0 Å². The van der Waals surface area contributed by atoms with Crippen LogP contribution in [0.25, 0.3) is 0 Å². The second-order valence-electron chi connectivity index (χ2n) is 6.96. The van der Waals surface area contributed by atoms with Gasteiger partial charge in [0.15, 0.2) is 5.69 Å². The fourth-order valence-corrected chi connectivity index (χ4v) is 2.01. The number of hydrogen-bond acceptors (Lipinski definition) is 4.